The van der Waals surface area contributed by atoms with Crippen molar-refractivity contribution in [2.45, 2.75) is 32.2 Å². The van der Waals surface area contributed by atoms with Crippen LogP contribution in [0, 0.1) is 11.8 Å². The fraction of sp³-hybridized carbons (Fsp3) is 0.700. The molecule has 2 heterocycles. The molecule has 2 fully saturated rings. The van der Waals surface area contributed by atoms with Crippen LogP contribution in [0.4, 0.5) is 0 Å². The standard InChI is InChI=1S/C20H33N3O3S/c1-26-17-20-8-5-11-23(16-20)27(24,25)21-14-18-9-12-22(13-10-18)15-19-6-3-2-4-7-19/h2-4,6-7,18,20-21H,5,8-17H2,1H3/t20-/m1/s1. The van der Waals surface area contributed by atoms with Crippen molar-refractivity contribution in [3.8, 4) is 0 Å². The summed E-state index contributed by atoms with van der Waals surface area (Å²) in [5.41, 5.74) is 1.34. The molecule has 2 aliphatic rings. The maximum Gasteiger partial charge on any atom is 0.279 e. The van der Waals surface area contributed by atoms with E-state index in [1.165, 1.54) is 5.56 Å². The average Bonchev–Trinajstić information content (AvgIpc) is 2.69. The molecule has 3 rings (SSSR count). The van der Waals surface area contributed by atoms with E-state index in [1.54, 1.807) is 11.4 Å². The van der Waals surface area contributed by atoms with Gasteiger partial charge in [0.05, 0.1) is 6.61 Å². The summed E-state index contributed by atoms with van der Waals surface area (Å²) in [4.78, 5) is 2.46. The fourth-order valence-electron chi connectivity index (χ4n) is 4.12. The quantitative estimate of drug-likeness (QED) is 0.732. The highest BCUT2D eigenvalue weighted by molar-refractivity contribution is 7.87. The number of rotatable bonds is 8. The third-order valence-corrected chi connectivity index (χ3v) is 7.28. The number of nitrogens with one attached hydrogen (secondary N) is 1. The smallest absolute Gasteiger partial charge is 0.279 e. The zero-order valence-electron chi connectivity index (χ0n) is 16.3. The van der Waals surface area contributed by atoms with Crippen LogP contribution in [-0.2, 0) is 21.5 Å². The lowest BCUT2D eigenvalue weighted by Gasteiger charge is -2.34. The summed E-state index contributed by atoms with van der Waals surface area (Å²) in [6, 6.07) is 10.5. The molecule has 2 aliphatic heterocycles. The summed E-state index contributed by atoms with van der Waals surface area (Å²) in [5.74, 6) is 0.730. The van der Waals surface area contributed by atoms with Crippen LogP contribution in [0.25, 0.3) is 0 Å². The summed E-state index contributed by atoms with van der Waals surface area (Å²) in [6.45, 7) is 5.40. The van der Waals surface area contributed by atoms with Gasteiger partial charge in [-0.3, -0.25) is 4.90 Å². The van der Waals surface area contributed by atoms with E-state index in [0.29, 0.717) is 38.1 Å². The number of ether oxygens (including phenoxy) is 1. The van der Waals surface area contributed by atoms with Gasteiger partial charge in [0.15, 0.2) is 0 Å². The number of hydrogen-bond donors (Lipinski definition) is 1. The van der Waals surface area contributed by atoms with Gasteiger partial charge in [-0.05, 0) is 56.2 Å². The molecule has 1 aromatic carbocycles. The van der Waals surface area contributed by atoms with Crippen LogP contribution in [0.15, 0.2) is 30.3 Å². The van der Waals surface area contributed by atoms with Gasteiger partial charge in [0.1, 0.15) is 0 Å². The van der Waals surface area contributed by atoms with E-state index in [4.69, 9.17) is 4.74 Å². The van der Waals surface area contributed by atoms with Crippen molar-refractivity contribution in [3.63, 3.8) is 0 Å². The molecule has 1 atom stereocenters. The second kappa shape index (κ2) is 9.98. The molecule has 0 unspecified atom stereocenters. The van der Waals surface area contributed by atoms with E-state index >= 15 is 0 Å². The molecule has 1 aromatic rings. The summed E-state index contributed by atoms with van der Waals surface area (Å²) in [7, 11) is -1.71. The van der Waals surface area contributed by atoms with Crippen LogP contribution in [0.2, 0.25) is 0 Å². The largest absolute Gasteiger partial charge is 0.384 e. The predicted octanol–water partition coefficient (Wildman–Crippen LogP) is 2.09. The Morgan fingerprint density at radius 3 is 2.52 bits per heavy atom. The minimum atomic E-state index is -3.38. The van der Waals surface area contributed by atoms with Crippen molar-refractivity contribution >= 4 is 10.2 Å². The topological polar surface area (TPSA) is 61.9 Å². The monoisotopic (exact) mass is 395 g/mol. The third kappa shape index (κ3) is 6.26. The van der Waals surface area contributed by atoms with Gasteiger partial charge in [-0.2, -0.15) is 12.7 Å². The molecule has 1 N–H and O–H groups in total. The molecule has 0 bridgehead atoms. The minimum absolute atomic E-state index is 0.307. The molecule has 152 valence electrons. The number of hydrogen-bond acceptors (Lipinski definition) is 4. The fourth-order valence-corrected chi connectivity index (χ4v) is 5.53. The highest BCUT2D eigenvalue weighted by Crippen LogP contribution is 2.21. The highest BCUT2D eigenvalue weighted by atomic mass is 32.2. The summed E-state index contributed by atoms with van der Waals surface area (Å²) in [5, 5.41) is 0. The van der Waals surface area contributed by atoms with Crippen molar-refractivity contribution < 1.29 is 13.2 Å². The van der Waals surface area contributed by atoms with Gasteiger partial charge in [0, 0.05) is 33.3 Å². The lowest BCUT2D eigenvalue weighted by atomic mass is 9.97. The normalized spacial score (nSPS) is 23.5. The molecule has 27 heavy (non-hydrogen) atoms. The first-order valence-corrected chi connectivity index (χ1v) is 11.5. The Kier molecular flexibility index (Phi) is 7.66. The van der Waals surface area contributed by atoms with E-state index in [1.807, 2.05) is 6.07 Å². The Labute approximate surface area is 164 Å². The first kappa shape index (κ1) is 20.7. The Balaban J connectivity index is 1.41. The molecule has 0 radical (unpaired) electrons. The van der Waals surface area contributed by atoms with E-state index in [0.717, 1.165) is 45.3 Å². The number of likely N-dealkylation sites (tertiary alicyclic amines) is 1. The van der Waals surface area contributed by atoms with E-state index in [9.17, 15) is 8.42 Å². The Bertz CT molecular complexity index is 658. The maximum absolute atomic E-state index is 12.6. The number of nitrogens with zero attached hydrogens (tertiary/aromatic N) is 2. The van der Waals surface area contributed by atoms with E-state index < -0.39 is 10.2 Å². The van der Waals surface area contributed by atoms with Gasteiger partial charge in [-0.15, -0.1) is 0 Å². The van der Waals surface area contributed by atoms with Crippen LogP contribution in [0.3, 0.4) is 0 Å². The van der Waals surface area contributed by atoms with E-state index in [2.05, 4.69) is 33.9 Å². The van der Waals surface area contributed by atoms with Crippen LogP contribution < -0.4 is 4.72 Å². The molecule has 0 saturated carbocycles. The van der Waals surface area contributed by atoms with Crippen molar-refractivity contribution in [2.75, 3.05) is 46.4 Å². The zero-order chi connectivity index (χ0) is 19.1. The molecular formula is C20H33N3O3S. The molecule has 0 amide bonds. The van der Waals surface area contributed by atoms with Gasteiger partial charge in [-0.25, -0.2) is 4.72 Å². The number of methoxy groups -OCH3 is 1. The zero-order valence-corrected chi connectivity index (χ0v) is 17.2. The maximum atomic E-state index is 12.6. The van der Waals surface area contributed by atoms with Gasteiger partial charge in [0.25, 0.3) is 10.2 Å². The average molecular weight is 396 g/mol. The summed E-state index contributed by atoms with van der Waals surface area (Å²) in [6.07, 6.45) is 4.04. The Morgan fingerprint density at radius 1 is 1.07 bits per heavy atom. The third-order valence-electron chi connectivity index (χ3n) is 5.73. The molecule has 0 spiro atoms. The number of benzene rings is 1. The molecule has 0 aromatic heterocycles. The van der Waals surface area contributed by atoms with Gasteiger partial charge in [0.2, 0.25) is 0 Å². The van der Waals surface area contributed by atoms with Gasteiger partial charge < -0.3 is 4.74 Å². The molecular weight excluding hydrogens is 362 g/mol. The van der Waals surface area contributed by atoms with Crippen molar-refractivity contribution in [1.82, 2.24) is 13.9 Å². The van der Waals surface area contributed by atoms with E-state index in [-0.39, 0.29) is 0 Å². The summed E-state index contributed by atoms with van der Waals surface area (Å²) >= 11 is 0. The van der Waals surface area contributed by atoms with Crippen LogP contribution >= 0.6 is 0 Å². The molecule has 0 aliphatic carbocycles. The SMILES string of the molecule is COC[C@@H]1CCCN(S(=O)(=O)NCC2CCN(Cc3ccccc3)CC2)C1. The van der Waals surface area contributed by atoms with Crippen LogP contribution in [-0.4, -0.2) is 64.1 Å². The second-order valence-corrected chi connectivity index (χ2v) is 9.64. The molecule has 6 nitrogen and oxygen atoms in total. The predicted molar refractivity (Wildman–Crippen MR) is 108 cm³/mol. The molecule has 7 heteroatoms. The van der Waals surface area contributed by atoms with Gasteiger partial charge in [-0.1, -0.05) is 30.3 Å². The number of piperidine rings is 2. The van der Waals surface area contributed by atoms with Crippen molar-refractivity contribution in [2.24, 2.45) is 11.8 Å². The Hall–Kier alpha value is -0.990. The lowest BCUT2D eigenvalue weighted by molar-refractivity contribution is 0.118. The minimum Gasteiger partial charge on any atom is -0.384 e. The molecule has 2 saturated heterocycles. The van der Waals surface area contributed by atoms with Crippen LogP contribution in [0.1, 0.15) is 31.2 Å². The van der Waals surface area contributed by atoms with Crippen LogP contribution in [0.5, 0.6) is 0 Å². The first-order chi connectivity index (χ1) is 13.1. The highest BCUT2D eigenvalue weighted by Gasteiger charge is 2.29. The lowest BCUT2D eigenvalue weighted by Crippen LogP contribution is -2.48. The van der Waals surface area contributed by atoms with Crippen molar-refractivity contribution in [1.29, 1.82) is 0 Å². The Morgan fingerprint density at radius 2 is 1.81 bits per heavy atom. The van der Waals surface area contributed by atoms with Gasteiger partial charge >= 0.3 is 0 Å². The van der Waals surface area contributed by atoms with Crippen molar-refractivity contribution in [3.05, 3.63) is 35.9 Å². The summed E-state index contributed by atoms with van der Waals surface area (Å²) < 4.78 is 35.0. The first-order valence-electron chi connectivity index (χ1n) is 10.1. The second-order valence-electron chi connectivity index (χ2n) is 7.88.